The third-order valence-corrected chi connectivity index (χ3v) is 3.06. The lowest BCUT2D eigenvalue weighted by Gasteiger charge is -2.21. The van der Waals surface area contributed by atoms with Gasteiger partial charge >= 0.3 is 0 Å². The number of Topliss-reactive ketones (excluding diaryl/α,β-unsaturated/α-hetero) is 1. The minimum Gasteiger partial charge on any atom is -0.379 e. The molecule has 1 aromatic carbocycles. The van der Waals surface area contributed by atoms with Crippen molar-refractivity contribution in [1.29, 1.82) is 0 Å². The Labute approximate surface area is 132 Å². The molecule has 1 aromatic rings. The summed E-state index contributed by atoms with van der Waals surface area (Å²) in [6, 6.07) is 4.59. The Hall–Kier alpha value is -0.910. The van der Waals surface area contributed by atoms with E-state index in [0.717, 1.165) is 26.3 Å². The van der Waals surface area contributed by atoms with Gasteiger partial charge in [0.05, 0.1) is 13.2 Å². The maximum absolute atomic E-state index is 12.8. The number of hydrogen-bond donors (Lipinski definition) is 1. The molecule has 2 rings (SSSR count). The Kier molecular flexibility index (Phi) is 11.2. The Morgan fingerprint density at radius 3 is 2.29 bits per heavy atom. The van der Waals surface area contributed by atoms with Crippen LogP contribution in [0.4, 0.5) is 4.39 Å². The summed E-state index contributed by atoms with van der Waals surface area (Å²) in [7, 11) is 2.11. The summed E-state index contributed by atoms with van der Waals surface area (Å²) in [4.78, 5) is 13.2. The van der Waals surface area contributed by atoms with Crippen LogP contribution in [0.3, 0.4) is 0 Å². The lowest BCUT2D eigenvalue weighted by atomic mass is 10.1. The van der Waals surface area contributed by atoms with Gasteiger partial charge in [-0.3, -0.25) is 4.79 Å². The van der Waals surface area contributed by atoms with Crippen molar-refractivity contribution in [2.24, 2.45) is 0 Å². The smallest absolute Gasteiger partial charge is 0.136 e. The van der Waals surface area contributed by atoms with Crippen molar-refractivity contribution in [2.75, 3.05) is 33.4 Å². The third-order valence-electron chi connectivity index (χ3n) is 2.70. The summed E-state index contributed by atoms with van der Waals surface area (Å²) in [6.45, 7) is 9.50. The molecule has 21 heavy (non-hydrogen) atoms. The van der Waals surface area contributed by atoms with E-state index in [2.05, 4.69) is 24.6 Å². The van der Waals surface area contributed by atoms with Gasteiger partial charge in [-0.2, -0.15) is 0 Å². The average Bonchev–Trinajstić information content (AvgIpc) is 2.46. The summed E-state index contributed by atoms with van der Waals surface area (Å²) in [5.74, 6) is -0.349. The number of carbonyl (C=O) groups is 1. The van der Waals surface area contributed by atoms with E-state index >= 15 is 0 Å². The number of ether oxygens (including phenoxy) is 1. The summed E-state index contributed by atoms with van der Waals surface area (Å²) >= 11 is 3.88. The summed E-state index contributed by atoms with van der Waals surface area (Å²) in [5, 5.41) is 0. The van der Waals surface area contributed by atoms with Crippen LogP contribution in [0.1, 0.15) is 26.3 Å². The molecule has 0 N–H and O–H groups in total. The van der Waals surface area contributed by atoms with Crippen LogP contribution in [-0.2, 0) is 16.0 Å². The SMILES string of the molecule is CC.CC(=O)Cc1ccc(S)c(F)c1.CN1CCOCC1. The highest BCUT2D eigenvalue weighted by atomic mass is 32.1. The van der Waals surface area contributed by atoms with E-state index in [1.54, 1.807) is 12.1 Å². The predicted molar refractivity (Wildman–Crippen MR) is 87.7 cm³/mol. The zero-order chi connectivity index (χ0) is 16.3. The van der Waals surface area contributed by atoms with Gasteiger partial charge in [-0.25, -0.2) is 4.39 Å². The van der Waals surface area contributed by atoms with Crippen LogP contribution in [0.2, 0.25) is 0 Å². The Morgan fingerprint density at radius 1 is 1.33 bits per heavy atom. The molecular weight excluding hydrogens is 289 g/mol. The van der Waals surface area contributed by atoms with E-state index < -0.39 is 0 Å². The van der Waals surface area contributed by atoms with Gasteiger partial charge in [-0.05, 0) is 31.7 Å². The van der Waals surface area contributed by atoms with E-state index in [-0.39, 0.29) is 18.0 Å². The quantitative estimate of drug-likeness (QED) is 0.850. The molecule has 0 saturated carbocycles. The van der Waals surface area contributed by atoms with Gasteiger partial charge in [0.2, 0.25) is 0 Å². The fraction of sp³-hybridized carbons (Fsp3) is 0.562. The Morgan fingerprint density at radius 2 is 1.90 bits per heavy atom. The topological polar surface area (TPSA) is 29.5 Å². The van der Waals surface area contributed by atoms with E-state index in [1.165, 1.54) is 13.0 Å². The minimum absolute atomic E-state index is 0.0290. The van der Waals surface area contributed by atoms with E-state index in [1.807, 2.05) is 13.8 Å². The van der Waals surface area contributed by atoms with E-state index in [0.29, 0.717) is 10.5 Å². The zero-order valence-electron chi connectivity index (χ0n) is 13.4. The van der Waals surface area contributed by atoms with Crippen molar-refractivity contribution >= 4 is 18.4 Å². The maximum Gasteiger partial charge on any atom is 0.136 e. The number of rotatable bonds is 2. The van der Waals surface area contributed by atoms with Crippen LogP contribution in [-0.4, -0.2) is 44.0 Å². The van der Waals surface area contributed by atoms with Crippen molar-refractivity contribution in [1.82, 2.24) is 4.90 Å². The molecule has 0 aromatic heterocycles. The minimum atomic E-state index is -0.378. The predicted octanol–water partition coefficient (Wildman–Crippen LogP) is 3.22. The highest BCUT2D eigenvalue weighted by Gasteiger charge is 2.02. The first-order valence-corrected chi connectivity index (χ1v) is 7.67. The van der Waals surface area contributed by atoms with E-state index in [4.69, 9.17) is 4.74 Å². The van der Waals surface area contributed by atoms with Gasteiger partial charge < -0.3 is 9.64 Å². The first-order chi connectivity index (χ1) is 9.99. The molecule has 0 unspecified atom stereocenters. The fourth-order valence-electron chi connectivity index (χ4n) is 1.60. The first-order valence-electron chi connectivity index (χ1n) is 7.22. The van der Waals surface area contributed by atoms with Gasteiger partial charge in [0.15, 0.2) is 0 Å². The lowest BCUT2D eigenvalue weighted by Crippen LogP contribution is -2.32. The average molecular weight is 315 g/mol. The normalized spacial score (nSPS) is 14.4. The number of halogens is 1. The van der Waals surface area contributed by atoms with Crippen molar-refractivity contribution in [3.63, 3.8) is 0 Å². The number of ketones is 1. The molecular formula is C16H26FNO2S. The molecule has 0 amide bonds. The molecule has 120 valence electrons. The summed E-state index contributed by atoms with van der Waals surface area (Å²) in [6.07, 6.45) is 0.283. The van der Waals surface area contributed by atoms with Crippen molar-refractivity contribution < 1.29 is 13.9 Å². The van der Waals surface area contributed by atoms with Crippen molar-refractivity contribution in [3.8, 4) is 0 Å². The standard InChI is InChI=1S/C9H9FOS.C5H11NO.C2H6/c1-6(11)4-7-2-3-9(12)8(10)5-7;1-6-2-4-7-5-3-6;1-2/h2-3,5,12H,4H2,1H3;2-5H2,1H3;1-2H3. The Balaban J connectivity index is 0.000000377. The number of hydrogen-bond acceptors (Lipinski definition) is 4. The second-order valence-corrected chi connectivity index (χ2v) is 5.06. The molecule has 0 atom stereocenters. The van der Waals surface area contributed by atoms with Crippen LogP contribution < -0.4 is 0 Å². The van der Waals surface area contributed by atoms with Crippen LogP contribution in [0.15, 0.2) is 23.1 Å². The molecule has 1 saturated heterocycles. The number of thiol groups is 1. The number of morpholine rings is 1. The number of nitrogens with zero attached hydrogens (tertiary/aromatic N) is 1. The van der Waals surface area contributed by atoms with Crippen LogP contribution in [0.5, 0.6) is 0 Å². The monoisotopic (exact) mass is 315 g/mol. The second-order valence-electron chi connectivity index (χ2n) is 4.58. The third kappa shape index (κ3) is 9.61. The highest BCUT2D eigenvalue weighted by molar-refractivity contribution is 7.80. The number of carbonyl (C=O) groups excluding carboxylic acids is 1. The van der Waals surface area contributed by atoms with Gasteiger partial charge in [0.1, 0.15) is 11.6 Å². The highest BCUT2D eigenvalue weighted by Crippen LogP contribution is 2.14. The second kappa shape index (κ2) is 11.7. The Bertz CT molecular complexity index is 421. The van der Waals surface area contributed by atoms with Gasteiger partial charge in [-0.15, -0.1) is 12.6 Å². The van der Waals surface area contributed by atoms with Crippen LogP contribution in [0.25, 0.3) is 0 Å². The van der Waals surface area contributed by atoms with Crippen LogP contribution in [0, 0.1) is 5.82 Å². The maximum atomic E-state index is 12.8. The van der Waals surface area contributed by atoms with Gasteiger partial charge in [0.25, 0.3) is 0 Å². The zero-order valence-corrected chi connectivity index (χ0v) is 14.3. The molecule has 3 nitrogen and oxygen atoms in total. The van der Waals surface area contributed by atoms with Crippen molar-refractivity contribution in [2.45, 2.75) is 32.1 Å². The molecule has 1 aliphatic heterocycles. The molecule has 1 aliphatic rings. The molecule has 1 fully saturated rings. The first kappa shape index (κ1) is 20.1. The van der Waals surface area contributed by atoms with Crippen molar-refractivity contribution in [3.05, 3.63) is 29.6 Å². The summed E-state index contributed by atoms with van der Waals surface area (Å²) in [5.41, 5.74) is 0.692. The molecule has 0 aliphatic carbocycles. The summed E-state index contributed by atoms with van der Waals surface area (Å²) < 4.78 is 17.9. The van der Waals surface area contributed by atoms with Crippen LogP contribution >= 0.6 is 12.6 Å². The largest absolute Gasteiger partial charge is 0.379 e. The van der Waals surface area contributed by atoms with Gasteiger partial charge in [-0.1, -0.05) is 19.9 Å². The fourth-order valence-corrected chi connectivity index (χ4v) is 1.74. The molecule has 1 heterocycles. The molecule has 0 radical (unpaired) electrons. The van der Waals surface area contributed by atoms with E-state index in [9.17, 15) is 9.18 Å². The number of likely N-dealkylation sites (N-methyl/N-ethyl adjacent to an activating group) is 1. The van der Waals surface area contributed by atoms with Gasteiger partial charge in [0, 0.05) is 24.4 Å². The molecule has 5 heteroatoms. The lowest BCUT2D eigenvalue weighted by molar-refractivity contribution is -0.116. The molecule has 0 bridgehead atoms. The molecule has 0 spiro atoms. The number of benzene rings is 1.